The summed E-state index contributed by atoms with van der Waals surface area (Å²) in [5, 5.41) is 13.1. The number of rotatable bonds is 4. The van der Waals surface area contributed by atoms with Gasteiger partial charge in [-0.15, -0.1) is 12.4 Å². The summed E-state index contributed by atoms with van der Waals surface area (Å²) in [7, 11) is 0. The summed E-state index contributed by atoms with van der Waals surface area (Å²) in [5.41, 5.74) is 1.19. The average Bonchev–Trinajstić information content (AvgIpc) is 3.18. The van der Waals surface area contributed by atoms with Crippen molar-refractivity contribution < 1.29 is 18.8 Å². The van der Waals surface area contributed by atoms with Crippen LogP contribution in [0.2, 0.25) is 0 Å². The smallest absolute Gasteiger partial charge is 0.306 e. The topological polar surface area (TPSA) is 92.3 Å². The standard InChI is InChI=1S/C19H17FN4O3.ClH/c20-14-4-1-3-13(11-14)16-22-18(27-23-16)15-5-2-8-21-17(15)24-9-6-12(7-10-24)19(25)26;/h1-5,8,11-12H,6-7,9-10H2,(H,25,26);1H. The van der Waals surface area contributed by atoms with Crippen LogP contribution < -0.4 is 4.90 Å². The van der Waals surface area contributed by atoms with E-state index in [-0.39, 0.29) is 30.0 Å². The van der Waals surface area contributed by atoms with E-state index in [1.54, 1.807) is 24.4 Å². The highest BCUT2D eigenvalue weighted by Crippen LogP contribution is 2.31. The summed E-state index contributed by atoms with van der Waals surface area (Å²) < 4.78 is 18.8. The summed E-state index contributed by atoms with van der Waals surface area (Å²) >= 11 is 0. The number of piperidine rings is 1. The number of hydrogen-bond donors (Lipinski definition) is 1. The molecule has 2 aromatic heterocycles. The van der Waals surface area contributed by atoms with Crippen LogP contribution in [0.5, 0.6) is 0 Å². The largest absolute Gasteiger partial charge is 0.481 e. The van der Waals surface area contributed by atoms with Gasteiger partial charge in [-0.25, -0.2) is 9.37 Å². The van der Waals surface area contributed by atoms with E-state index in [1.165, 1.54) is 12.1 Å². The molecule has 0 radical (unpaired) electrons. The highest BCUT2D eigenvalue weighted by molar-refractivity contribution is 5.85. The minimum atomic E-state index is -0.757. The maximum atomic E-state index is 13.4. The molecule has 28 heavy (non-hydrogen) atoms. The van der Waals surface area contributed by atoms with Crippen LogP contribution in [-0.4, -0.2) is 39.3 Å². The second-order valence-corrected chi connectivity index (χ2v) is 6.41. The lowest BCUT2D eigenvalue weighted by Gasteiger charge is -2.31. The molecule has 0 spiro atoms. The van der Waals surface area contributed by atoms with Crippen molar-refractivity contribution in [3.63, 3.8) is 0 Å². The first-order chi connectivity index (χ1) is 13.1. The van der Waals surface area contributed by atoms with Crippen LogP contribution in [0.15, 0.2) is 47.1 Å². The number of benzene rings is 1. The molecule has 1 fully saturated rings. The van der Waals surface area contributed by atoms with Crippen molar-refractivity contribution in [3.8, 4) is 22.8 Å². The minimum absolute atomic E-state index is 0. The number of nitrogens with zero attached hydrogens (tertiary/aromatic N) is 4. The van der Waals surface area contributed by atoms with Crippen molar-refractivity contribution in [1.29, 1.82) is 0 Å². The van der Waals surface area contributed by atoms with Crippen LogP contribution in [-0.2, 0) is 4.79 Å². The number of carbonyl (C=O) groups is 1. The Balaban J connectivity index is 0.00000225. The van der Waals surface area contributed by atoms with Crippen LogP contribution in [0.1, 0.15) is 12.8 Å². The Kier molecular flexibility index (Phi) is 5.89. The van der Waals surface area contributed by atoms with Gasteiger partial charge in [-0.3, -0.25) is 4.79 Å². The van der Waals surface area contributed by atoms with E-state index in [4.69, 9.17) is 9.63 Å². The van der Waals surface area contributed by atoms with Crippen molar-refractivity contribution >= 4 is 24.2 Å². The van der Waals surface area contributed by atoms with E-state index in [2.05, 4.69) is 15.1 Å². The molecule has 0 bridgehead atoms. The molecule has 146 valence electrons. The van der Waals surface area contributed by atoms with E-state index in [1.807, 2.05) is 11.0 Å². The first kappa shape index (κ1) is 19.8. The molecule has 0 saturated carbocycles. The van der Waals surface area contributed by atoms with Gasteiger partial charge in [0.25, 0.3) is 5.89 Å². The highest BCUT2D eigenvalue weighted by atomic mass is 35.5. The van der Waals surface area contributed by atoms with Gasteiger partial charge in [-0.2, -0.15) is 4.98 Å². The number of aromatic nitrogens is 3. The lowest BCUT2D eigenvalue weighted by molar-refractivity contribution is -0.142. The van der Waals surface area contributed by atoms with Crippen molar-refractivity contribution in [2.45, 2.75) is 12.8 Å². The normalized spacial score (nSPS) is 14.5. The molecule has 1 aromatic carbocycles. The van der Waals surface area contributed by atoms with Gasteiger partial charge in [-0.05, 0) is 37.1 Å². The lowest BCUT2D eigenvalue weighted by atomic mass is 9.97. The fourth-order valence-electron chi connectivity index (χ4n) is 3.23. The Hall–Kier alpha value is -3.00. The molecular weight excluding hydrogens is 387 g/mol. The highest BCUT2D eigenvalue weighted by Gasteiger charge is 2.27. The van der Waals surface area contributed by atoms with Crippen LogP contribution in [0.25, 0.3) is 22.8 Å². The Morgan fingerprint density at radius 1 is 1.21 bits per heavy atom. The van der Waals surface area contributed by atoms with E-state index in [0.29, 0.717) is 48.7 Å². The van der Waals surface area contributed by atoms with E-state index in [0.717, 1.165) is 0 Å². The summed E-state index contributed by atoms with van der Waals surface area (Å²) in [6, 6.07) is 9.59. The lowest BCUT2D eigenvalue weighted by Crippen LogP contribution is -2.37. The zero-order valence-electron chi connectivity index (χ0n) is 14.8. The van der Waals surface area contributed by atoms with Crippen molar-refractivity contribution in [1.82, 2.24) is 15.1 Å². The van der Waals surface area contributed by atoms with Crippen LogP contribution >= 0.6 is 12.4 Å². The van der Waals surface area contributed by atoms with Crippen molar-refractivity contribution in [3.05, 3.63) is 48.4 Å². The predicted molar refractivity (Wildman–Crippen MR) is 103 cm³/mol. The zero-order chi connectivity index (χ0) is 18.8. The third kappa shape index (κ3) is 3.96. The van der Waals surface area contributed by atoms with Crippen LogP contribution in [0.3, 0.4) is 0 Å². The zero-order valence-corrected chi connectivity index (χ0v) is 15.6. The number of hydrogen-bond acceptors (Lipinski definition) is 6. The van der Waals surface area contributed by atoms with E-state index < -0.39 is 5.97 Å². The Morgan fingerprint density at radius 3 is 2.71 bits per heavy atom. The molecule has 3 heterocycles. The maximum absolute atomic E-state index is 13.4. The van der Waals surface area contributed by atoms with Gasteiger partial charge in [0.05, 0.1) is 11.5 Å². The molecule has 1 saturated heterocycles. The molecule has 1 aliphatic rings. The SMILES string of the molecule is Cl.O=C(O)C1CCN(c2ncccc2-c2nc(-c3cccc(F)c3)no2)CC1. The summed E-state index contributed by atoms with van der Waals surface area (Å²) in [6.07, 6.45) is 2.79. The number of carboxylic acid groups (broad SMARTS) is 1. The molecule has 7 nitrogen and oxygen atoms in total. The third-order valence-electron chi connectivity index (χ3n) is 4.67. The quantitative estimate of drug-likeness (QED) is 0.709. The fourth-order valence-corrected chi connectivity index (χ4v) is 3.23. The average molecular weight is 405 g/mol. The number of anilines is 1. The Bertz CT molecular complexity index is 973. The summed E-state index contributed by atoms with van der Waals surface area (Å²) in [5.74, 6) is -0.191. The van der Waals surface area contributed by atoms with Gasteiger partial charge >= 0.3 is 5.97 Å². The molecule has 1 N–H and O–H groups in total. The van der Waals surface area contributed by atoms with Crippen LogP contribution in [0, 0.1) is 11.7 Å². The maximum Gasteiger partial charge on any atom is 0.306 e. The van der Waals surface area contributed by atoms with Gasteiger partial charge in [-0.1, -0.05) is 17.3 Å². The number of pyridine rings is 1. The second-order valence-electron chi connectivity index (χ2n) is 6.41. The first-order valence-electron chi connectivity index (χ1n) is 8.64. The summed E-state index contributed by atoms with van der Waals surface area (Å²) in [6.45, 7) is 1.18. The summed E-state index contributed by atoms with van der Waals surface area (Å²) in [4.78, 5) is 22.0. The van der Waals surface area contributed by atoms with Gasteiger partial charge in [0.1, 0.15) is 11.6 Å². The number of halogens is 2. The molecule has 3 aromatic rings. The van der Waals surface area contributed by atoms with Crippen LogP contribution in [0.4, 0.5) is 10.2 Å². The van der Waals surface area contributed by atoms with Gasteiger partial charge in [0, 0.05) is 24.8 Å². The van der Waals surface area contributed by atoms with Gasteiger partial charge in [0.2, 0.25) is 5.82 Å². The van der Waals surface area contributed by atoms with E-state index in [9.17, 15) is 9.18 Å². The first-order valence-corrected chi connectivity index (χ1v) is 8.64. The molecule has 0 unspecified atom stereocenters. The molecule has 9 heteroatoms. The fraction of sp³-hybridized carbons (Fsp3) is 0.263. The monoisotopic (exact) mass is 404 g/mol. The Morgan fingerprint density at radius 2 is 2.00 bits per heavy atom. The van der Waals surface area contributed by atoms with Gasteiger partial charge in [0.15, 0.2) is 0 Å². The molecule has 4 rings (SSSR count). The molecule has 0 aliphatic carbocycles. The predicted octanol–water partition coefficient (Wildman–Crippen LogP) is 3.66. The third-order valence-corrected chi connectivity index (χ3v) is 4.67. The Labute approximate surface area is 166 Å². The van der Waals surface area contributed by atoms with Crippen molar-refractivity contribution in [2.75, 3.05) is 18.0 Å². The minimum Gasteiger partial charge on any atom is -0.481 e. The van der Waals surface area contributed by atoms with E-state index >= 15 is 0 Å². The van der Waals surface area contributed by atoms with Gasteiger partial charge < -0.3 is 14.5 Å². The van der Waals surface area contributed by atoms with Crippen molar-refractivity contribution in [2.24, 2.45) is 5.92 Å². The molecule has 0 amide bonds. The number of aliphatic carboxylic acids is 1. The molecule has 1 aliphatic heterocycles. The molecule has 0 atom stereocenters. The number of carboxylic acids is 1. The molecular formula is C19H18ClFN4O3. The second kappa shape index (κ2) is 8.35.